The highest BCUT2D eigenvalue weighted by Crippen LogP contribution is 2.27. The Morgan fingerprint density at radius 2 is 1.80 bits per heavy atom. The van der Waals surface area contributed by atoms with Crippen molar-refractivity contribution in [1.82, 2.24) is 0 Å². The fourth-order valence-corrected chi connectivity index (χ4v) is 2.17. The molecule has 2 heteroatoms. The van der Waals surface area contributed by atoms with E-state index in [0.29, 0.717) is 11.3 Å². The van der Waals surface area contributed by atoms with Gasteiger partial charge in [-0.1, -0.05) is 60.2 Å². The number of aryl methyl sites for hydroxylation is 1. The maximum absolute atomic E-state index is 11.9. The van der Waals surface area contributed by atoms with Crippen LogP contribution in [0.25, 0.3) is 11.8 Å². The van der Waals surface area contributed by atoms with Crippen LogP contribution in [0, 0.1) is 6.92 Å². The molecule has 0 saturated carbocycles. The first kappa shape index (κ1) is 12.4. The lowest BCUT2D eigenvalue weighted by Crippen LogP contribution is -1.97. The number of benzene rings is 2. The van der Waals surface area contributed by atoms with Crippen molar-refractivity contribution in [2.24, 2.45) is 0 Å². The summed E-state index contributed by atoms with van der Waals surface area (Å²) in [6, 6.07) is 17.6. The van der Waals surface area contributed by atoms with Crippen LogP contribution in [0.4, 0.5) is 0 Å². The SMILES string of the molecule is Cc1cccc(/C=C2/C=C(c3ccccc3)OC2=O)c1. The Balaban J connectivity index is 1.95. The van der Waals surface area contributed by atoms with E-state index >= 15 is 0 Å². The lowest BCUT2D eigenvalue weighted by atomic mass is 10.1. The minimum atomic E-state index is -0.301. The number of carbonyl (C=O) groups excluding carboxylic acids is 1. The largest absolute Gasteiger partial charge is 0.422 e. The Bertz CT molecular complexity index is 709. The Kier molecular flexibility index (Phi) is 3.21. The van der Waals surface area contributed by atoms with Crippen molar-refractivity contribution in [3.05, 3.63) is 82.9 Å². The maximum atomic E-state index is 11.9. The van der Waals surface area contributed by atoms with Crippen LogP contribution in [-0.2, 0) is 9.53 Å². The van der Waals surface area contributed by atoms with Crippen LogP contribution in [0.2, 0.25) is 0 Å². The molecular weight excluding hydrogens is 248 g/mol. The van der Waals surface area contributed by atoms with Crippen molar-refractivity contribution >= 4 is 17.8 Å². The highest BCUT2D eigenvalue weighted by atomic mass is 16.5. The third kappa shape index (κ3) is 2.54. The summed E-state index contributed by atoms with van der Waals surface area (Å²) in [5.41, 5.74) is 3.66. The van der Waals surface area contributed by atoms with E-state index in [-0.39, 0.29) is 5.97 Å². The Hall–Kier alpha value is -2.61. The topological polar surface area (TPSA) is 26.3 Å². The van der Waals surface area contributed by atoms with Gasteiger partial charge in [-0.3, -0.25) is 0 Å². The molecule has 1 aliphatic rings. The van der Waals surface area contributed by atoms with Gasteiger partial charge in [-0.25, -0.2) is 4.79 Å². The fourth-order valence-electron chi connectivity index (χ4n) is 2.17. The van der Waals surface area contributed by atoms with Crippen molar-refractivity contribution in [2.45, 2.75) is 6.92 Å². The molecule has 0 aliphatic carbocycles. The quantitative estimate of drug-likeness (QED) is 0.604. The van der Waals surface area contributed by atoms with Gasteiger partial charge in [-0.15, -0.1) is 0 Å². The molecule has 0 N–H and O–H groups in total. The second-order valence-corrected chi connectivity index (χ2v) is 4.78. The molecule has 0 radical (unpaired) electrons. The van der Waals surface area contributed by atoms with Gasteiger partial charge < -0.3 is 4.74 Å². The van der Waals surface area contributed by atoms with Crippen LogP contribution in [0.1, 0.15) is 16.7 Å². The number of rotatable bonds is 2. The van der Waals surface area contributed by atoms with E-state index in [1.165, 1.54) is 0 Å². The summed E-state index contributed by atoms with van der Waals surface area (Å²) >= 11 is 0. The standard InChI is InChI=1S/C18H14O2/c1-13-6-5-7-14(10-13)11-16-12-17(20-18(16)19)15-8-3-2-4-9-15/h2-12H,1H3/b16-11-. The van der Waals surface area contributed by atoms with Crippen LogP contribution in [0.15, 0.2) is 66.2 Å². The van der Waals surface area contributed by atoms with Crippen molar-refractivity contribution < 1.29 is 9.53 Å². The minimum Gasteiger partial charge on any atom is -0.422 e. The predicted octanol–water partition coefficient (Wildman–Crippen LogP) is 3.98. The zero-order chi connectivity index (χ0) is 13.9. The van der Waals surface area contributed by atoms with Gasteiger partial charge in [-0.05, 0) is 24.6 Å². The van der Waals surface area contributed by atoms with Crippen molar-refractivity contribution in [3.63, 3.8) is 0 Å². The molecule has 2 nitrogen and oxygen atoms in total. The van der Waals surface area contributed by atoms with Gasteiger partial charge in [0, 0.05) is 5.56 Å². The molecule has 0 spiro atoms. The maximum Gasteiger partial charge on any atom is 0.343 e. The van der Waals surface area contributed by atoms with Gasteiger partial charge in [0.05, 0.1) is 5.57 Å². The summed E-state index contributed by atoms with van der Waals surface area (Å²) in [5, 5.41) is 0. The second-order valence-electron chi connectivity index (χ2n) is 4.78. The summed E-state index contributed by atoms with van der Waals surface area (Å²) in [7, 11) is 0. The average molecular weight is 262 g/mol. The Morgan fingerprint density at radius 3 is 2.55 bits per heavy atom. The van der Waals surface area contributed by atoms with E-state index in [0.717, 1.165) is 16.7 Å². The van der Waals surface area contributed by atoms with E-state index in [1.54, 1.807) is 6.08 Å². The van der Waals surface area contributed by atoms with E-state index in [4.69, 9.17) is 4.74 Å². The van der Waals surface area contributed by atoms with Crippen LogP contribution >= 0.6 is 0 Å². The number of hydrogen-bond donors (Lipinski definition) is 0. The molecule has 2 aromatic rings. The molecular formula is C18H14O2. The number of carbonyl (C=O) groups is 1. The molecule has 2 aromatic carbocycles. The van der Waals surface area contributed by atoms with Gasteiger partial charge in [0.1, 0.15) is 5.76 Å². The number of cyclic esters (lactones) is 1. The van der Waals surface area contributed by atoms with Gasteiger partial charge in [-0.2, -0.15) is 0 Å². The Morgan fingerprint density at radius 1 is 1.00 bits per heavy atom. The number of hydrogen-bond acceptors (Lipinski definition) is 2. The van der Waals surface area contributed by atoms with E-state index in [1.807, 2.05) is 67.6 Å². The molecule has 0 aromatic heterocycles. The van der Waals surface area contributed by atoms with Gasteiger partial charge in [0.25, 0.3) is 0 Å². The second kappa shape index (κ2) is 5.17. The molecule has 3 rings (SSSR count). The molecule has 1 heterocycles. The first-order valence-electron chi connectivity index (χ1n) is 6.50. The lowest BCUT2D eigenvalue weighted by Gasteiger charge is -2.00. The minimum absolute atomic E-state index is 0.301. The number of ether oxygens (including phenoxy) is 1. The van der Waals surface area contributed by atoms with Gasteiger partial charge >= 0.3 is 5.97 Å². The molecule has 0 fully saturated rings. The molecule has 0 bridgehead atoms. The smallest absolute Gasteiger partial charge is 0.343 e. The highest BCUT2D eigenvalue weighted by Gasteiger charge is 2.21. The molecule has 20 heavy (non-hydrogen) atoms. The molecule has 1 aliphatic heterocycles. The van der Waals surface area contributed by atoms with E-state index < -0.39 is 0 Å². The van der Waals surface area contributed by atoms with E-state index in [2.05, 4.69) is 0 Å². The van der Waals surface area contributed by atoms with E-state index in [9.17, 15) is 4.79 Å². The zero-order valence-corrected chi connectivity index (χ0v) is 11.2. The summed E-state index contributed by atoms with van der Waals surface area (Å²) in [4.78, 5) is 11.9. The summed E-state index contributed by atoms with van der Waals surface area (Å²) in [6.45, 7) is 2.03. The Labute approximate surface area is 118 Å². The summed E-state index contributed by atoms with van der Waals surface area (Å²) < 4.78 is 5.32. The van der Waals surface area contributed by atoms with Gasteiger partial charge in [0.15, 0.2) is 0 Å². The zero-order valence-electron chi connectivity index (χ0n) is 11.2. The average Bonchev–Trinajstić information content (AvgIpc) is 2.81. The van der Waals surface area contributed by atoms with Crippen LogP contribution < -0.4 is 0 Å². The predicted molar refractivity (Wildman–Crippen MR) is 79.7 cm³/mol. The van der Waals surface area contributed by atoms with Crippen molar-refractivity contribution in [1.29, 1.82) is 0 Å². The third-order valence-electron chi connectivity index (χ3n) is 3.15. The van der Waals surface area contributed by atoms with Crippen molar-refractivity contribution in [3.8, 4) is 0 Å². The summed E-state index contributed by atoms with van der Waals surface area (Å²) in [6.07, 6.45) is 3.64. The first-order valence-corrected chi connectivity index (χ1v) is 6.50. The molecule has 0 unspecified atom stereocenters. The van der Waals surface area contributed by atoms with Crippen LogP contribution in [-0.4, -0.2) is 5.97 Å². The van der Waals surface area contributed by atoms with Crippen LogP contribution in [0.5, 0.6) is 0 Å². The normalized spacial score (nSPS) is 16.1. The van der Waals surface area contributed by atoms with Crippen molar-refractivity contribution in [2.75, 3.05) is 0 Å². The van der Waals surface area contributed by atoms with Crippen LogP contribution in [0.3, 0.4) is 0 Å². The highest BCUT2D eigenvalue weighted by molar-refractivity contribution is 6.05. The third-order valence-corrected chi connectivity index (χ3v) is 3.15. The summed E-state index contributed by atoms with van der Waals surface area (Å²) in [5.74, 6) is 0.305. The first-order chi connectivity index (χ1) is 9.72. The number of esters is 1. The molecule has 98 valence electrons. The monoisotopic (exact) mass is 262 g/mol. The molecule has 0 atom stereocenters. The molecule has 0 saturated heterocycles. The fraction of sp³-hybridized carbons (Fsp3) is 0.0556. The lowest BCUT2D eigenvalue weighted by molar-refractivity contribution is -0.130. The van der Waals surface area contributed by atoms with Gasteiger partial charge in [0.2, 0.25) is 0 Å². The molecule has 0 amide bonds.